The second-order valence-corrected chi connectivity index (χ2v) is 5.88. The number of nitrogens with two attached hydrogens (primary N) is 1. The second kappa shape index (κ2) is 6.12. The van der Waals surface area contributed by atoms with E-state index < -0.39 is 6.03 Å². The van der Waals surface area contributed by atoms with E-state index in [9.17, 15) is 14.7 Å². The number of rotatable bonds is 3. The van der Waals surface area contributed by atoms with Crippen molar-refractivity contribution in [1.82, 2.24) is 9.88 Å². The van der Waals surface area contributed by atoms with Crippen LogP contribution in [0.5, 0.6) is 5.88 Å². The van der Waals surface area contributed by atoms with E-state index >= 15 is 0 Å². The van der Waals surface area contributed by atoms with Crippen molar-refractivity contribution >= 4 is 34.1 Å². The number of aromatic nitrogens is 1. The molecule has 4 rings (SSSR count). The molecule has 0 saturated carbocycles. The molecular weight excluding hydrogens is 332 g/mol. The summed E-state index contributed by atoms with van der Waals surface area (Å²) in [5, 5.41) is 14.0. The number of aromatic hydroxyl groups is 1. The highest BCUT2D eigenvalue weighted by atomic mass is 16.3. The predicted octanol–water partition coefficient (Wildman–Crippen LogP) is 2.18. The third-order valence-corrected chi connectivity index (χ3v) is 4.31. The molecule has 0 spiro atoms. The van der Waals surface area contributed by atoms with Gasteiger partial charge in [0.15, 0.2) is 0 Å². The zero-order valence-corrected chi connectivity index (χ0v) is 13.8. The van der Waals surface area contributed by atoms with E-state index in [0.717, 1.165) is 4.57 Å². The lowest BCUT2D eigenvalue weighted by molar-refractivity contribution is 0.107. The van der Waals surface area contributed by atoms with Crippen LogP contribution in [0.4, 0.5) is 10.5 Å². The van der Waals surface area contributed by atoms with Crippen molar-refractivity contribution in [3.05, 3.63) is 59.7 Å². The standard InChI is InChI=1S/C19H16N4O3/c20-9-10-21-19(26)23-14-8-4-2-6-12(14)15(18(23)25)16-17(24)11-5-1-3-7-13(11)22-16/h1-8,25H,9-10,20H2,(H,21,26). The SMILES string of the molecule is NCCNC(=O)n1c(O)c(C2=Nc3ccccc3C2=O)c2ccccc21. The molecule has 130 valence electrons. The summed E-state index contributed by atoms with van der Waals surface area (Å²) in [6, 6.07) is 13.5. The van der Waals surface area contributed by atoms with Gasteiger partial charge in [0.25, 0.3) is 0 Å². The summed E-state index contributed by atoms with van der Waals surface area (Å²) < 4.78 is 1.14. The molecule has 0 unspecified atom stereocenters. The maximum absolute atomic E-state index is 12.8. The normalized spacial score (nSPS) is 13.0. The molecule has 0 bridgehead atoms. The zero-order chi connectivity index (χ0) is 18.3. The van der Waals surface area contributed by atoms with Crippen molar-refractivity contribution in [2.75, 3.05) is 13.1 Å². The largest absolute Gasteiger partial charge is 0.494 e. The molecule has 26 heavy (non-hydrogen) atoms. The highest BCUT2D eigenvalue weighted by Crippen LogP contribution is 2.37. The van der Waals surface area contributed by atoms with E-state index in [4.69, 9.17) is 5.73 Å². The summed E-state index contributed by atoms with van der Waals surface area (Å²) in [7, 11) is 0. The Morgan fingerprint density at radius 2 is 1.88 bits per heavy atom. The minimum Gasteiger partial charge on any atom is -0.494 e. The molecule has 1 amide bonds. The van der Waals surface area contributed by atoms with Crippen molar-refractivity contribution in [2.45, 2.75) is 0 Å². The molecule has 0 fully saturated rings. The van der Waals surface area contributed by atoms with Gasteiger partial charge in [0.05, 0.1) is 16.8 Å². The van der Waals surface area contributed by atoms with Gasteiger partial charge in [-0.1, -0.05) is 30.3 Å². The number of ketones is 1. The Balaban J connectivity index is 1.91. The predicted molar refractivity (Wildman–Crippen MR) is 98.4 cm³/mol. The lowest BCUT2D eigenvalue weighted by atomic mass is 10.0. The summed E-state index contributed by atoms with van der Waals surface area (Å²) in [5.41, 5.74) is 7.33. The van der Waals surface area contributed by atoms with Gasteiger partial charge < -0.3 is 16.2 Å². The number of nitrogens with zero attached hydrogens (tertiary/aromatic N) is 2. The lowest BCUT2D eigenvalue weighted by Gasteiger charge is -2.07. The van der Waals surface area contributed by atoms with Crippen molar-refractivity contribution in [3.63, 3.8) is 0 Å². The number of nitrogens with one attached hydrogen (secondary N) is 1. The molecule has 1 aliphatic rings. The van der Waals surface area contributed by atoms with Crippen molar-refractivity contribution in [3.8, 4) is 5.88 Å². The second-order valence-electron chi connectivity index (χ2n) is 5.88. The minimum atomic E-state index is -0.515. The molecule has 2 heterocycles. The highest BCUT2D eigenvalue weighted by molar-refractivity contribution is 6.56. The molecule has 0 saturated heterocycles. The van der Waals surface area contributed by atoms with Gasteiger partial charge in [-0.3, -0.25) is 4.79 Å². The summed E-state index contributed by atoms with van der Waals surface area (Å²) in [4.78, 5) is 29.6. The number of benzene rings is 2. The monoisotopic (exact) mass is 348 g/mol. The molecule has 1 aromatic heterocycles. The molecule has 0 atom stereocenters. The van der Waals surface area contributed by atoms with E-state index in [2.05, 4.69) is 10.3 Å². The van der Waals surface area contributed by atoms with E-state index in [-0.39, 0.29) is 36.0 Å². The maximum Gasteiger partial charge on any atom is 0.328 e. The molecule has 0 aliphatic carbocycles. The number of amides is 1. The van der Waals surface area contributed by atoms with Crippen LogP contribution >= 0.6 is 0 Å². The molecule has 0 radical (unpaired) electrons. The first-order valence-corrected chi connectivity index (χ1v) is 8.17. The number of hydrogen-bond donors (Lipinski definition) is 3. The highest BCUT2D eigenvalue weighted by Gasteiger charge is 2.32. The summed E-state index contributed by atoms with van der Waals surface area (Å²) in [6.07, 6.45) is 0. The number of carbonyl (C=O) groups is 2. The van der Waals surface area contributed by atoms with Gasteiger partial charge in [-0.25, -0.2) is 14.4 Å². The number of Topliss-reactive ketones (excluding diaryl/α,β-unsaturated/α-hetero) is 1. The van der Waals surface area contributed by atoms with E-state index in [1.54, 1.807) is 48.5 Å². The van der Waals surface area contributed by atoms with Crippen LogP contribution in [-0.4, -0.2) is 40.3 Å². The average Bonchev–Trinajstić information content (AvgIpc) is 3.13. The number of fused-ring (bicyclic) bond motifs is 2. The summed E-state index contributed by atoms with van der Waals surface area (Å²) in [6.45, 7) is 0.546. The molecule has 1 aliphatic heterocycles. The first-order valence-electron chi connectivity index (χ1n) is 8.17. The van der Waals surface area contributed by atoms with Crippen LogP contribution in [0.15, 0.2) is 53.5 Å². The lowest BCUT2D eigenvalue weighted by Crippen LogP contribution is -2.32. The van der Waals surface area contributed by atoms with Crippen molar-refractivity contribution in [2.24, 2.45) is 10.7 Å². The summed E-state index contributed by atoms with van der Waals surface area (Å²) >= 11 is 0. The first kappa shape index (κ1) is 16.0. The third kappa shape index (κ3) is 2.29. The van der Waals surface area contributed by atoms with Gasteiger partial charge in [-0.05, 0) is 18.2 Å². The van der Waals surface area contributed by atoms with Gasteiger partial charge >= 0.3 is 6.03 Å². The first-order chi connectivity index (χ1) is 12.6. The Labute approximate surface area is 148 Å². The van der Waals surface area contributed by atoms with Crippen LogP contribution in [0.25, 0.3) is 10.9 Å². The zero-order valence-electron chi connectivity index (χ0n) is 13.8. The Morgan fingerprint density at radius 1 is 1.15 bits per heavy atom. The Hall–Kier alpha value is -3.45. The van der Waals surface area contributed by atoms with Gasteiger partial charge in [-0.15, -0.1) is 0 Å². The van der Waals surface area contributed by atoms with Crippen LogP contribution in [0, 0.1) is 0 Å². The number of hydrogen-bond acceptors (Lipinski definition) is 5. The average molecular weight is 348 g/mol. The Kier molecular flexibility index (Phi) is 3.78. The molecule has 4 N–H and O–H groups in total. The molecule has 7 heteroatoms. The fourth-order valence-corrected chi connectivity index (χ4v) is 3.15. The van der Waals surface area contributed by atoms with E-state index in [1.807, 2.05) is 0 Å². The van der Waals surface area contributed by atoms with Crippen molar-refractivity contribution < 1.29 is 14.7 Å². The smallest absolute Gasteiger partial charge is 0.328 e. The summed E-state index contributed by atoms with van der Waals surface area (Å²) in [5.74, 6) is -0.596. The topological polar surface area (TPSA) is 110 Å². The minimum absolute atomic E-state index is 0.130. The van der Waals surface area contributed by atoms with E-state index in [1.165, 1.54) is 0 Å². The van der Waals surface area contributed by atoms with Crippen LogP contribution < -0.4 is 11.1 Å². The maximum atomic E-state index is 12.8. The van der Waals surface area contributed by atoms with Gasteiger partial charge in [0, 0.05) is 24.0 Å². The number of carbonyl (C=O) groups excluding carboxylic acids is 2. The van der Waals surface area contributed by atoms with Crippen LogP contribution in [0.2, 0.25) is 0 Å². The molecular formula is C19H16N4O3. The Bertz CT molecular complexity index is 1080. The van der Waals surface area contributed by atoms with Crippen LogP contribution in [-0.2, 0) is 0 Å². The molecule has 3 aromatic rings. The number of aliphatic imine (C=N–C) groups is 1. The third-order valence-electron chi connectivity index (χ3n) is 4.31. The van der Waals surface area contributed by atoms with Crippen LogP contribution in [0.3, 0.4) is 0 Å². The Morgan fingerprint density at radius 3 is 2.65 bits per heavy atom. The van der Waals surface area contributed by atoms with Gasteiger partial charge in [-0.2, -0.15) is 0 Å². The van der Waals surface area contributed by atoms with E-state index in [0.29, 0.717) is 22.2 Å². The number of para-hydroxylation sites is 2. The van der Waals surface area contributed by atoms with Gasteiger partial charge in [0.2, 0.25) is 11.7 Å². The van der Waals surface area contributed by atoms with Crippen LogP contribution in [0.1, 0.15) is 15.9 Å². The van der Waals surface area contributed by atoms with Gasteiger partial charge in [0.1, 0.15) is 5.71 Å². The fraction of sp³-hybridized carbons (Fsp3) is 0.105. The molecule has 7 nitrogen and oxygen atoms in total. The van der Waals surface area contributed by atoms with Crippen molar-refractivity contribution in [1.29, 1.82) is 0 Å². The molecule has 2 aromatic carbocycles. The fourth-order valence-electron chi connectivity index (χ4n) is 3.15. The quantitative estimate of drug-likeness (QED) is 0.674.